The van der Waals surface area contributed by atoms with Gasteiger partial charge in [-0.15, -0.1) is 0 Å². The Morgan fingerprint density at radius 2 is 1.74 bits per heavy atom. The maximum Gasteiger partial charge on any atom is 0.406 e. The van der Waals surface area contributed by atoms with E-state index in [4.69, 9.17) is 0 Å². The van der Waals surface area contributed by atoms with Gasteiger partial charge in [0.25, 0.3) is 0 Å². The third kappa shape index (κ3) is 3.34. The van der Waals surface area contributed by atoms with Crippen LogP contribution < -0.4 is 4.90 Å². The third-order valence-corrected chi connectivity index (χ3v) is 5.02. The average Bonchev–Trinajstić information content (AvgIpc) is 2.44. The zero-order chi connectivity index (χ0) is 16.8. The van der Waals surface area contributed by atoms with Crippen LogP contribution in [0.15, 0.2) is 46.2 Å². The highest BCUT2D eigenvalue weighted by Crippen LogP contribution is 2.49. The number of hydrogen-bond donors (Lipinski definition) is 0. The van der Waals surface area contributed by atoms with Crippen molar-refractivity contribution in [3.63, 3.8) is 0 Å². The lowest BCUT2D eigenvalue weighted by Crippen LogP contribution is -2.32. The molecule has 0 N–H and O–H groups in total. The summed E-state index contributed by atoms with van der Waals surface area (Å²) in [6, 6.07) is 11.4. The second kappa shape index (κ2) is 5.78. The number of hydrogen-bond acceptors (Lipinski definition) is 2. The summed E-state index contributed by atoms with van der Waals surface area (Å²) in [4.78, 5) is 3.14. The first-order valence-corrected chi connectivity index (χ1v) is 8.33. The van der Waals surface area contributed by atoms with Gasteiger partial charge in [0.15, 0.2) is 0 Å². The van der Waals surface area contributed by atoms with E-state index in [-0.39, 0.29) is 5.92 Å². The summed E-state index contributed by atoms with van der Waals surface area (Å²) in [5.41, 5.74) is 3.37. The van der Waals surface area contributed by atoms with Crippen LogP contribution in [0.25, 0.3) is 0 Å². The molecule has 0 unspecified atom stereocenters. The molecule has 0 aromatic heterocycles. The van der Waals surface area contributed by atoms with Crippen LogP contribution in [0, 0.1) is 6.92 Å². The second-order valence-electron chi connectivity index (χ2n) is 6.16. The van der Waals surface area contributed by atoms with Crippen molar-refractivity contribution in [1.82, 2.24) is 0 Å². The standard InChI is InChI=1S/C18H18F3NS/c1-11(2)13-5-7-16-15(9-13)22(10-18(19,20)21)14-6-4-12(3)8-17(14)23-16/h4-9,11H,10H2,1-3H3. The first-order chi connectivity index (χ1) is 10.7. The van der Waals surface area contributed by atoms with Gasteiger partial charge in [-0.1, -0.05) is 37.7 Å². The first kappa shape index (κ1) is 16.2. The van der Waals surface area contributed by atoms with Crippen molar-refractivity contribution in [2.45, 2.75) is 42.7 Å². The topological polar surface area (TPSA) is 3.24 Å². The molecule has 3 rings (SSSR count). The van der Waals surface area contributed by atoms with Gasteiger partial charge in [0, 0.05) is 9.79 Å². The molecule has 0 saturated heterocycles. The summed E-state index contributed by atoms with van der Waals surface area (Å²) in [7, 11) is 0. The fraction of sp³-hybridized carbons (Fsp3) is 0.333. The maximum atomic E-state index is 13.1. The van der Waals surface area contributed by atoms with Gasteiger partial charge < -0.3 is 4.90 Å². The van der Waals surface area contributed by atoms with Gasteiger partial charge >= 0.3 is 6.18 Å². The molecule has 0 amide bonds. The molecule has 1 nitrogen and oxygen atoms in total. The molecular weight excluding hydrogens is 319 g/mol. The van der Waals surface area contributed by atoms with E-state index in [0.29, 0.717) is 11.4 Å². The Labute approximate surface area is 138 Å². The number of aryl methyl sites for hydroxylation is 1. The largest absolute Gasteiger partial charge is 0.406 e. The van der Waals surface area contributed by atoms with E-state index >= 15 is 0 Å². The van der Waals surface area contributed by atoms with Crippen molar-refractivity contribution < 1.29 is 13.2 Å². The molecule has 1 aliphatic rings. The quantitative estimate of drug-likeness (QED) is 0.634. The van der Waals surface area contributed by atoms with Gasteiger partial charge in [-0.05, 0) is 48.2 Å². The highest BCUT2D eigenvalue weighted by atomic mass is 32.2. The molecule has 2 aromatic carbocycles. The van der Waals surface area contributed by atoms with E-state index < -0.39 is 12.7 Å². The van der Waals surface area contributed by atoms with Gasteiger partial charge in [0.05, 0.1) is 11.4 Å². The molecular formula is C18H18F3NS. The summed E-state index contributed by atoms with van der Waals surface area (Å²) in [6.45, 7) is 5.07. The minimum absolute atomic E-state index is 0.275. The fourth-order valence-corrected chi connectivity index (χ4v) is 3.89. The predicted molar refractivity (Wildman–Crippen MR) is 88.9 cm³/mol. The Morgan fingerprint density at radius 1 is 1.00 bits per heavy atom. The Balaban J connectivity index is 2.14. The molecule has 23 heavy (non-hydrogen) atoms. The van der Waals surface area contributed by atoms with Crippen molar-refractivity contribution >= 4 is 23.1 Å². The van der Waals surface area contributed by atoms with Crippen LogP contribution in [-0.4, -0.2) is 12.7 Å². The highest BCUT2D eigenvalue weighted by molar-refractivity contribution is 7.99. The van der Waals surface area contributed by atoms with Crippen molar-refractivity contribution in [2.75, 3.05) is 11.4 Å². The monoisotopic (exact) mass is 337 g/mol. The zero-order valence-corrected chi connectivity index (χ0v) is 14.1. The van der Waals surface area contributed by atoms with Gasteiger partial charge in [-0.3, -0.25) is 0 Å². The molecule has 0 bridgehead atoms. The number of nitrogens with zero attached hydrogens (tertiary/aromatic N) is 1. The summed E-state index contributed by atoms with van der Waals surface area (Å²) in [5, 5.41) is 0. The van der Waals surface area contributed by atoms with Crippen LogP contribution in [0.4, 0.5) is 24.5 Å². The van der Waals surface area contributed by atoms with E-state index in [0.717, 1.165) is 20.9 Å². The molecule has 0 radical (unpaired) electrons. The fourth-order valence-electron chi connectivity index (χ4n) is 2.71. The molecule has 2 aromatic rings. The minimum Gasteiger partial charge on any atom is -0.330 e. The summed E-state index contributed by atoms with van der Waals surface area (Å²) in [5.74, 6) is 0.275. The Kier molecular flexibility index (Phi) is 4.08. The van der Waals surface area contributed by atoms with Gasteiger partial charge in [0.1, 0.15) is 6.54 Å². The normalized spacial score (nSPS) is 14.0. The number of rotatable bonds is 2. The van der Waals surface area contributed by atoms with Crippen LogP contribution in [0.3, 0.4) is 0 Å². The van der Waals surface area contributed by atoms with Gasteiger partial charge in [-0.2, -0.15) is 13.2 Å². The molecule has 1 heterocycles. The van der Waals surface area contributed by atoms with Crippen molar-refractivity contribution in [3.05, 3.63) is 47.5 Å². The molecule has 1 aliphatic heterocycles. The lowest BCUT2D eigenvalue weighted by atomic mass is 10.0. The van der Waals surface area contributed by atoms with Crippen molar-refractivity contribution in [1.29, 1.82) is 0 Å². The highest BCUT2D eigenvalue weighted by Gasteiger charge is 2.35. The van der Waals surface area contributed by atoms with E-state index in [2.05, 4.69) is 0 Å². The number of fused-ring (bicyclic) bond motifs is 2. The number of alkyl halides is 3. The smallest absolute Gasteiger partial charge is 0.330 e. The first-order valence-electron chi connectivity index (χ1n) is 7.51. The van der Waals surface area contributed by atoms with Crippen LogP contribution >= 0.6 is 11.8 Å². The van der Waals surface area contributed by atoms with E-state index in [1.807, 2.05) is 51.1 Å². The lowest BCUT2D eigenvalue weighted by molar-refractivity contribution is -0.118. The van der Waals surface area contributed by atoms with Gasteiger partial charge in [-0.25, -0.2) is 0 Å². The summed E-state index contributed by atoms with van der Waals surface area (Å²) < 4.78 is 39.4. The average molecular weight is 337 g/mol. The Bertz CT molecular complexity index is 738. The second-order valence-corrected chi connectivity index (χ2v) is 7.24. The van der Waals surface area contributed by atoms with Gasteiger partial charge in [0.2, 0.25) is 0 Å². The van der Waals surface area contributed by atoms with E-state index in [1.54, 1.807) is 6.07 Å². The summed E-state index contributed by atoms with van der Waals surface area (Å²) >= 11 is 1.54. The minimum atomic E-state index is -4.25. The molecule has 0 fully saturated rings. The Morgan fingerprint density at radius 3 is 2.39 bits per heavy atom. The molecule has 0 saturated carbocycles. The van der Waals surface area contributed by atoms with E-state index in [1.165, 1.54) is 16.7 Å². The molecule has 5 heteroatoms. The Hall–Kier alpha value is -1.62. The summed E-state index contributed by atoms with van der Waals surface area (Å²) in [6.07, 6.45) is -4.25. The molecule has 0 aliphatic carbocycles. The predicted octanol–water partition coefficient (Wildman–Crippen LogP) is 6.28. The molecule has 0 atom stereocenters. The third-order valence-electron chi connectivity index (χ3n) is 3.90. The number of anilines is 2. The molecule has 0 spiro atoms. The van der Waals surface area contributed by atoms with E-state index in [9.17, 15) is 13.2 Å². The SMILES string of the molecule is Cc1ccc2c(c1)Sc1ccc(C(C)C)cc1N2CC(F)(F)F. The number of halogens is 3. The van der Waals surface area contributed by atoms with Crippen molar-refractivity contribution in [2.24, 2.45) is 0 Å². The van der Waals surface area contributed by atoms with Crippen LogP contribution in [0.5, 0.6) is 0 Å². The van der Waals surface area contributed by atoms with Crippen LogP contribution in [0.2, 0.25) is 0 Å². The lowest BCUT2D eigenvalue weighted by Gasteiger charge is -2.34. The van der Waals surface area contributed by atoms with Crippen LogP contribution in [-0.2, 0) is 0 Å². The maximum absolute atomic E-state index is 13.1. The number of benzene rings is 2. The zero-order valence-electron chi connectivity index (χ0n) is 13.2. The van der Waals surface area contributed by atoms with Crippen molar-refractivity contribution in [3.8, 4) is 0 Å². The van der Waals surface area contributed by atoms with Crippen LogP contribution in [0.1, 0.15) is 30.9 Å². The molecule has 122 valence electrons.